The fourth-order valence-corrected chi connectivity index (χ4v) is 0. The summed E-state index contributed by atoms with van der Waals surface area (Å²) in [4.78, 5) is 0. The van der Waals surface area contributed by atoms with E-state index in [0.29, 0.717) is 12.7 Å². The van der Waals surface area contributed by atoms with Crippen LogP contribution in [0.1, 0.15) is 0 Å². The molecular weight excluding hydrogens is 154 g/mol. The fourth-order valence-electron chi connectivity index (χ4n) is 0. The molecule has 0 amide bonds. The first-order chi connectivity index (χ1) is 1.41. The zero-order valence-corrected chi connectivity index (χ0v) is 5.57. The van der Waals surface area contributed by atoms with Crippen LogP contribution in [0, 0.1) is 14.9 Å². The molecule has 0 fully saturated rings. The van der Waals surface area contributed by atoms with Crippen molar-refractivity contribution in [2.45, 2.75) is 0 Å². The Hall–Kier alpha value is 1.07. The van der Waals surface area contributed by atoms with Gasteiger partial charge in [0.2, 0.25) is 0 Å². The average Bonchev–Trinajstić information content (AvgIpc) is 0.918. The van der Waals surface area contributed by atoms with Gasteiger partial charge in [-0.1, -0.05) is 0 Å². The quantitative estimate of drug-likeness (QED) is 0.376. The van der Waals surface area contributed by atoms with Crippen LogP contribution in [-0.2, 0) is 12.7 Å². The van der Waals surface area contributed by atoms with Gasteiger partial charge in [-0.25, -0.2) is 0 Å². The topological polar surface area (TPSA) is 0 Å². The molecule has 0 aromatic carbocycles. The summed E-state index contributed by atoms with van der Waals surface area (Å²) in [6, 6.07) is 0. The van der Waals surface area contributed by atoms with Gasteiger partial charge in [-0.2, -0.15) is 0 Å². The summed E-state index contributed by atoms with van der Waals surface area (Å²) in [5.41, 5.74) is 0. The predicted molar refractivity (Wildman–Crippen MR) is 24.5 cm³/mol. The summed E-state index contributed by atoms with van der Waals surface area (Å²) < 4.78 is 0. The maximum atomic E-state index is 4.70. The van der Waals surface area contributed by atoms with E-state index in [2.05, 4.69) is 0 Å². The van der Waals surface area contributed by atoms with Crippen molar-refractivity contribution in [2.24, 2.45) is 0 Å². The second-order valence-electron chi connectivity index (χ2n) is 0.0452. The second-order valence-corrected chi connectivity index (χ2v) is 1.68. The van der Waals surface area contributed by atoms with Crippen LogP contribution in [0.25, 0.3) is 0 Å². The molecule has 0 unspecified atom stereocenters. The number of rotatable bonds is 0. The molecule has 5 heavy (non-hydrogen) atoms. The van der Waals surface area contributed by atoms with Gasteiger partial charge in [-0.05, 0) is 0 Å². The zero-order valence-electron chi connectivity index (χ0n) is 3.07. The van der Waals surface area contributed by atoms with Crippen molar-refractivity contribution in [1.29, 1.82) is 0 Å². The van der Waals surface area contributed by atoms with Crippen molar-refractivity contribution in [3.05, 3.63) is 14.9 Å². The molecule has 0 aliphatic carbocycles. The van der Waals surface area contributed by atoms with Crippen LogP contribution in [0.2, 0.25) is 0 Å². The van der Waals surface area contributed by atoms with Gasteiger partial charge in [0.25, 0.3) is 0 Å². The van der Waals surface area contributed by atoms with Gasteiger partial charge in [0.05, 0.1) is 0 Å². The van der Waals surface area contributed by atoms with Crippen LogP contribution >= 0.6 is 20.4 Å². The molecule has 0 aromatic rings. The molecule has 0 N–H and O–H groups in total. The molecule has 0 spiro atoms. The third-order valence-corrected chi connectivity index (χ3v) is 0. The third-order valence-electron chi connectivity index (χ3n) is 0. The summed E-state index contributed by atoms with van der Waals surface area (Å²) in [6.07, 6.45) is 0. The van der Waals surface area contributed by atoms with Gasteiger partial charge in [0.1, 0.15) is 0 Å². The Morgan fingerprint density at radius 1 is 1.00 bits per heavy atom. The predicted octanol–water partition coefficient (Wildman–Crippen LogP) is 2.28. The molecule has 0 nitrogen and oxygen atoms in total. The van der Waals surface area contributed by atoms with Crippen molar-refractivity contribution in [3.8, 4) is 0 Å². The van der Waals surface area contributed by atoms with Crippen LogP contribution in [-0.4, -0.2) is 0 Å². The first kappa shape index (κ1) is 16.5. The van der Waals surface area contributed by atoms with E-state index in [1.54, 1.807) is 0 Å². The summed E-state index contributed by atoms with van der Waals surface area (Å²) in [7, 11) is 9.40. The molecule has 3 heteroatoms. The summed E-state index contributed by atoms with van der Waals surface area (Å²) >= 11 is 0.569. The molecule has 0 atom stereocenters. The fraction of sp³-hybridized carbons (Fsp3) is 0. The zero-order chi connectivity index (χ0) is 2.71. The van der Waals surface area contributed by atoms with Gasteiger partial charge < -0.3 is 14.9 Å². The maximum absolute atomic E-state index is 4.70. The van der Waals surface area contributed by atoms with E-state index in [0.717, 1.165) is 0 Å². The molecule has 0 saturated carbocycles. The molecule has 0 bridgehead atoms. The van der Waals surface area contributed by atoms with Crippen molar-refractivity contribution in [1.82, 2.24) is 0 Å². The SMILES string of the molecule is [CH3-].[CH3-].[Cl][Ni+2][Cl]. The Labute approximate surface area is 48.2 Å². The van der Waals surface area contributed by atoms with Crippen molar-refractivity contribution < 1.29 is 12.7 Å². The normalized spacial score (nSPS) is 4.40. The number of hydrogen-bond acceptors (Lipinski definition) is 0. The first-order valence-electron chi connectivity index (χ1n) is 0.239. The van der Waals surface area contributed by atoms with Crippen LogP contribution in [0.15, 0.2) is 0 Å². The monoisotopic (exact) mass is 158 g/mol. The Morgan fingerprint density at radius 3 is 1.00 bits per heavy atom. The molecule has 0 aliphatic rings. The molecule has 0 saturated heterocycles. The standard InChI is InChI=1S/2CH3.2ClH.Ni/h2*1H3;2*1H;/q2*-1;;;+4/p-2. The van der Waals surface area contributed by atoms with E-state index in [9.17, 15) is 0 Å². The van der Waals surface area contributed by atoms with E-state index in [1.165, 1.54) is 0 Å². The van der Waals surface area contributed by atoms with E-state index in [4.69, 9.17) is 20.4 Å². The Kier molecular flexibility index (Phi) is 64.8. The van der Waals surface area contributed by atoms with E-state index in [-0.39, 0.29) is 14.9 Å². The van der Waals surface area contributed by atoms with E-state index >= 15 is 0 Å². The average molecular weight is 160 g/mol. The second kappa shape index (κ2) is 19.6. The van der Waals surface area contributed by atoms with Gasteiger partial charge in [0.15, 0.2) is 0 Å². The van der Waals surface area contributed by atoms with Crippen molar-refractivity contribution in [2.75, 3.05) is 0 Å². The Balaban J connectivity index is -0.0000000200. The van der Waals surface area contributed by atoms with Crippen LogP contribution in [0.3, 0.4) is 0 Å². The summed E-state index contributed by atoms with van der Waals surface area (Å²) in [6.45, 7) is 0. The minimum absolute atomic E-state index is 0. The number of halogens is 2. The minimum atomic E-state index is 0. The summed E-state index contributed by atoms with van der Waals surface area (Å²) in [5, 5.41) is 0. The molecule has 0 aromatic heterocycles. The molecule has 0 radical (unpaired) electrons. The van der Waals surface area contributed by atoms with Crippen LogP contribution in [0.5, 0.6) is 0 Å². The van der Waals surface area contributed by atoms with Gasteiger partial charge in [0, 0.05) is 0 Å². The molecule has 0 rings (SSSR count). The molecule has 0 aliphatic heterocycles. The Bertz CT molecular complexity index is 7.61. The van der Waals surface area contributed by atoms with Gasteiger partial charge in [-0.3, -0.25) is 0 Å². The van der Waals surface area contributed by atoms with E-state index in [1.807, 2.05) is 0 Å². The molecule has 0 heterocycles. The Morgan fingerprint density at radius 2 is 1.00 bits per heavy atom. The van der Waals surface area contributed by atoms with Gasteiger partial charge in [-0.15, -0.1) is 0 Å². The first-order valence-corrected chi connectivity index (χ1v) is 2.96. The van der Waals surface area contributed by atoms with E-state index < -0.39 is 0 Å². The number of hydrogen-bond donors (Lipinski definition) is 0. The van der Waals surface area contributed by atoms with Crippen molar-refractivity contribution >= 4 is 20.4 Å². The van der Waals surface area contributed by atoms with Crippen LogP contribution < -0.4 is 0 Å². The van der Waals surface area contributed by atoms with Crippen molar-refractivity contribution in [3.63, 3.8) is 0 Å². The molecule has 38 valence electrons. The molecular formula is C2H6Cl2Ni. The van der Waals surface area contributed by atoms with Gasteiger partial charge >= 0.3 is 33.0 Å². The summed E-state index contributed by atoms with van der Waals surface area (Å²) in [5.74, 6) is 0. The third kappa shape index (κ3) is 41.6. The van der Waals surface area contributed by atoms with Crippen LogP contribution in [0.4, 0.5) is 0 Å².